The fraction of sp³-hybridized carbons (Fsp3) is 0.409. The van der Waals surface area contributed by atoms with Crippen LogP contribution in [0.3, 0.4) is 0 Å². The van der Waals surface area contributed by atoms with E-state index < -0.39 is 17.7 Å². The molecule has 3 rings (SSSR count). The molecule has 2 heterocycles. The number of nitrogens with zero attached hydrogens (tertiary/aromatic N) is 1. The molecular weight excluding hydrogens is 372 g/mol. The Hall–Kier alpha value is -3.02. The average molecular weight is 398 g/mol. The molecule has 1 N–H and O–H groups in total. The summed E-state index contributed by atoms with van der Waals surface area (Å²) in [6, 6.07) is 12.6. The van der Waals surface area contributed by atoms with Crippen molar-refractivity contribution in [3.05, 3.63) is 65.7 Å². The quantitative estimate of drug-likeness (QED) is 0.741. The van der Waals surface area contributed by atoms with Crippen molar-refractivity contribution in [1.82, 2.24) is 10.4 Å². The smallest absolute Gasteiger partial charge is 0.408 e. The van der Waals surface area contributed by atoms with Gasteiger partial charge < -0.3 is 14.5 Å². The maximum Gasteiger partial charge on any atom is 0.408 e. The number of furan rings is 1. The van der Waals surface area contributed by atoms with Gasteiger partial charge in [0, 0.05) is 12.5 Å². The number of alkyl carbamates (subject to hydrolysis) is 1. The van der Waals surface area contributed by atoms with E-state index in [9.17, 15) is 9.59 Å². The molecule has 0 aliphatic carbocycles. The van der Waals surface area contributed by atoms with Crippen molar-refractivity contribution < 1.29 is 23.6 Å². The summed E-state index contributed by atoms with van der Waals surface area (Å²) in [4.78, 5) is 30.0. The second-order valence-corrected chi connectivity index (χ2v) is 7.88. The standard InChI is InChI=1S/C22H26N2O5/c1-22(2,3)29-21(26)23-20(19-10-7-13-27-19)17-11-12-24(18(17)14-25)28-15-16-8-5-4-6-9-16/h4-10,13,17,20H,11-12,15H2,1-3H3,(H,23,26)/t17-,20?/m0/s1. The number of hydrogen-bond acceptors (Lipinski definition) is 6. The van der Waals surface area contributed by atoms with Crippen LogP contribution in [0.15, 0.2) is 58.8 Å². The molecule has 1 saturated heterocycles. The van der Waals surface area contributed by atoms with E-state index in [0.717, 1.165) is 5.56 Å². The molecule has 29 heavy (non-hydrogen) atoms. The number of nitrogens with one attached hydrogen (secondary N) is 1. The highest BCUT2D eigenvalue weighted by molar-refractivity contribution is 5.68. The molecule has 1 aliphatic rings. The third-order valence-electron chi connectivity index (χ3n) is 4.52. The Morgan fingerprint density at radius 1 is 1.28 bits per heavy atom. The fourth-order valence-electron chi connectivity index (χ4n) is 3.28. The molecule has 154 valence electrons. The minimum absolute atomic E-state index is 0.337. The van der Waals surface area contributed by atoms with Gasteiger partial charge in [0.05, 0.1) is 18.9 Å². The molecular formula is C22H26N2O5. The van der Waals surface area contributed by atoms with Gasteiger partial charge in [-0.2, -0.15) is 0 Å². The van der Waals surface area contributed by atoms with Gasteiger partial charge >= 0.3 is 6.09 Å². The molecule has 1 aliphatic heterocycles. The fourth-order valence-corrected chi connectivity index (χ4v) is 3.28. The molecule has 0 spiro atoms. The molecule has 0 radical (unpaired) electrons. The minimum Gasteiger partial charge on any atom is -0.467 e. The molecule has 2 atom stereocenters. The number of rotatable bonds is 6. The van der Waals surface area contributed by atoms with Gasteiger partial charge in [-0.15, -0.1) is 0 Å². The lowest BCUT2D eigenvalue weighted by Crippen LogP contribution is -2.38. The first kappa shape index (κ1) is 20.7. The zero-order valence-corrected chi connectivity index (χ0v) is 16.9. The van der Waals surface area contributed by atoms with Crippen LogP contribution >= 0.6 is 0 Å². The molecule has 2 aromatic rings. The zero-order valence-electron chi connectivity index (χ0n) is 16.9. The Labute approximate surface area is 170 Å². The van der Waals surface area contributed by atoms with E-state index in [1.807, 2.05) is 36.3 Å². The lowest BCUT2D eigenvalue weighted by atomic mass is 9.94. The van der Waals surface area contributed by atoms with Crippen LogP contribution < -0.4 is 5.32 Å². The van der Waals surface area contributed by atoms with E-state index >= 15 is 0 Å². The highest BCUT2D eigenvalue weighted by Crippen LogP contribution is 2.37. The molecule has 7 nitrogen and oxygen atoms in total. The maximum absolute atomic E-state index is 12.4. The summed E-state index contributed by atoms with van der Waals surface area (Å²) in [6.45, 7) is 6.22. The topological polar surface area (TPSA) is 81.0 Å². The van der Waals surface area contributed by atoms with E-state index in [2.05, 4.69) is 5.32 Å². The van der Waals surface area contributed by atoms with Gasteiger partial charge in [0.15, 0.2) is 0 Å². The van der Waals surface area contributed by atoms with Gasteiger partial charge in [-0.3, -0.25) is 4.84 Å². The first-order chi connectivity index (χ1) is 13.9. The minimum atomic E-state index is -0.637. The summed E-state index contributed by atoms with van der Waals surface area (Å²) in [6.07, 6.45) is 1.55. The van der Waals surface area contributed by atoms with E-state index in [0.29, 0.717) is 31.0 Å². The predicted octanol–water partition coefficient (Wildman–Crippen LogP) is 4.01. The summed E-state index contributed by atoms with van der Waals surface area (Å²) in [5.41, 5.74) is 0.704. The monoisotopic (exact) mass is 398 g/mol. The number of carbonyl (C=O) groups excluding carboxylic acids is 2. The van der Waals surface area contributed by atoms with Crippen molar-refractivity contribution in [2.24, 2.45) is 5.92 Å². The number of benzene rings is 1. The number of amides is 1. The summed E-state index contributed by atoms with van der Waals surface area (Å²) < 4.78 is 10.9. The molecule has 0 bridgehead atoms. The van der Waals surface area contributed by atoms with Crippen molar-refractivity contribution >= 4 is 12.0 Å². The van der Waals surface area contributed by atoms with Gasteiger partial charge in [0.2, 0.25) is 0 Å². The highest BCUT2D eigenvalue weighted by Gasteiger charge is 2.39. The Morgan fingerprint density at radius 3 is 2.66 bits per heavy atom. The zero-order chi connectivity index (χ0) is 20.9. The number of carbonyl (C=O) groups is 1. The summed E-state index contributed by atoms with van der Waals surface area (Å²) in [5.74, 6) is 2.19. The molecule has 1 amide bonds. The van der Waals surface area contributed by atoms with Crippen LogP contribution in [0, 0.1) is 5.92 Å². The van der Waals surface area contributed by atoms with E-state index in [-0.39, 0.29) is 5.92 Å². The van der Waals surface area contributed by atoms with Gasteiger partial charge in [-0.25, -0.2) is 14.7 Å². The molecule has 0 saturated carbocycles. The van der Waals surface area contributed by atoms with Crippen LogP contribution in [-0.4, -0.2) is 29.2 Å². The maximum atomic E-state index is 12.4. The third kappa shape index (κ3) is 5.50. The number of ether oxygens (including phenoxy) is 1. The number of hydroxylamine groups is 2. The summed E-state index contributed by atoms with van der Waals surface area (Å²) in [7, 11) is 0. The second-order valence-electron chi connectivity index (χ2n) is 7.88. The number of hydrogen-bond donors (Lipinski definition) is 1. The lowest BCUT2D eigenvalue weighted by Gasteiger charge is -2.26. The van der Waals surface area contributed by atoms with Crippen LogP contribution in [-0.2, 0) is 21.0 Å². The first-order valence-electron chi connectivity index (χ1n) is 9.59. The average Bonchev–Trinajstić information content (AvgIpc) is 3.33. The van der Waals surface area contributed by atoms with Crippen molar-refractivity contribution in [1.29, 1.82) is 0 Å². The third-order valence-corrected chi connectivity index (χ3v) is 4.52. The van der Waals surface area contributed by atoms with Crippen LogP contribution in [0.25, 0.3) is 0 Å². The van der Waals surface area contributed by atoms with Gasteiger partial charge in [-0.1, -0.05) is 30.3 Å². The largest absolute Gasteiger partial charge is 0.467 e. The van der Waals surface area contributed by atoms with Crippen LogP contribution in [0.2, 0.25) is 0 Å². The van der Waals surface area contributed by atoms with Gasteiger partial charge in [-0.05, 0) is 44.9 Å². The molecule has 1 unspecified atom stereocenters. The highest BCUT2D eigenvalue weighted by atomic mass is 16.7. The molecule has 7 heteroatoms. The Balaban J connectivity index is 1.73. The van der Waals surface area contributed by atoms with Gasteiger partial charge in [0.25, 0.3) is 0 Å². The van der Waals surface area contributed by atoms with Gasteiger partial charge in [0.1, 0.15) is 23.0 Å². The lowest BCUT2D eigenvalue weighted by molar-refractivity contribution is -0.131. The van der Waals surface area contributed by atoms with Crippen molar-refractivity contribution in [3.63, 3.8) is 0 Å². The normalized spacial score (nSPS) is 17.7. The summed E-state index contributed by atoms with van der Waals surface area (Å²) >= 11 is 0. The van der Waals surface area contributed by atoms with Crippen molar-refractivity contribution in [2.45, 2.75) is 45.4 Å². The first-order valence-corrected chi connectivity index (χ1v) is 9.59. The Bertz CT molecular complexity index is 851. The Kier molecular flexibility index (Phi) is 6.42. The van der Waals surface area contributed by atoms with E-state index in [4.69, 9.17) is 14.0 Å². The van der Waals surface area contributed by atoms with Crippen molar-refractivity contribution in [2.75, 3.05) is 6.54 Å². The second kappa shape index (κ2) is 8.99. The van der Waals surface area contributed by atoms with Crippen molar-refractivity contribution in [3.8, 4) is 0 Å². The molecule has 1 aromatic carbocycles. The Morgan fingerprint density at radius 2 is 2.03 bits per heavy atom. The van der Waals surface area contributed by atoms with E-state index in [1.165, 1.54) is 6.26 Å². The van der Waals surface area contributed by atoms with Crippen LogP contribution in [0.5, 0.6) is 0 Å². The SMILES string of the molecule is CC(C)(C)OC(=O)NC(c1ccco1)[C@H]1CCN(OCc2ccccc2)C1=C=O. The summed E-state index contributed by atoms with van der Waals surface area (Å²) in [5, 5.41) is 4.39. The van der Waals surface area contributed by atoms with E-state index in [1.54, 1.807) is 38.0 Å². The van der Waals surface area contributed by atoms with Crippen LogP contribution in [0.4, 0.5) is 4.79 Å². The molecule has 1 fully saturated rings. The molecule has 1 aromatic heterocycles. The van der Waals surface area contributed by atoms with Crippen LogP contribution in [0.1, 0.15) is 44.6 Å². The predicted molar refractivity (Wildman–Crippen MR) is 106 cm³/mol.